The predicted octanol–water partition coefficient (Wildman–Crippen LogP) is 0.397. The van der Waals surface area contributed by atoms with Crippen LogP contribution in [-0.2, 0) is 21.4 Å². The van der Waals surface area contributed by atoms with Gasteiger partial charge in [-0.2, -0.15) is 8.42 Å². The van der Waals surface area contributed by atoms with E-state index in [1.807, 2.05) is 0 Å². The van der Waals surface area contributed by atoms with Crippen molar-refractivity contribution in [2.75, 3.05) is 17.4 Å². The number of phenols is 1. The Bertz CT molecular complexity index is 709. The van der Waals surface area contributed by atoms with Crippen molar-refractivity contribution in [3.8, 4) is 5.75 Å². The standard InChI is InChI=1S/C14H18FN3O4S/c15-11-6-9(5-10-3-1-2-4-16-10)7-12(19)14(11)18-8-13(20)17-23(18,21)22/h6-7,10,16,19H,1-5,8H2,(H,17,20). The Balaban J connectivity index is 1.87. The number of benzene rings is 1. The average Bonchev–Trinajstić information content (AvgIpc) is 2.72. The molecule has 0 aromatic heterocycles. The van der Waals surface area contributed by atoms with Gasteiger partial charge in [0.05, 0.1) is 0 Å². The highest BCUT2D eigenvalue weighted by molar-refractivity contribution is 7.92. The molecule has 2 aliphatic heterocycles. The molecule has 1 aromatic carbocycles. The van der Waals surface area contributed by atoms with Crippen LogP contribution in [0.1, 0.15) is 24.8 Å². The molecule has 0 aliphatic carbocycles. The van der Waals surface area contributed by atoms with E-state index in [9.17, 15) is 22.7 Å². The predicted molar refractivity (Wildman–Crippen MR) is 81.8 cm³/mol. The van der Waals surface area contributed by atoms with Gasteiger partial charge in [0.1, 0.15) is 18.0 Å². The van der Waals surface area contributed by atoms with Crippen LogP contribution in [0.25, 0.3) is 0 Å². The molecule has 23 heavy (non-hydrogen) atoms. The van der Waals surface area contributed by atoms with Crippen molar-refractivity contribution in [3.05, 3.63) is 23.5 Å². The number of hydrogen-bond donors (Lipinski definition) is 3. The molecule has 3 rings (SSSR count). The summed E-state index contributed by atoms with van der Waals surface area (Å²) in [5.74, 6) is -2.12. The number of piperidine rings is 1. The fourth-order valence-corrected chi connectivity index (χ4v) is 4.20. The van der Waals surface area contributed by atoms with Gasteiger partial charge in [-0.1, -0.05) is 6.42 Å². The zero-order valence-electron chi connectivity index (χ0n) is 12.4. The first-order chi connectivity index (χ1) is 10.9. The molecule has 1 aromatic rings. The number of nitrogens with one attached hydrogen (secondary N) is 2. The number of halogens is 1. The molecule has 2 fully saturated rings. The van der Waals surface area contributed by atoms with Crippen LogP contribution < -0.4 is 14.3 Å². The van der Waals surface area contributed by atoms with Crippen LogP contribution in [0, 0.1) is 5.82 Å². The maximum atomic E-state index is 14.4. The van der Waals surface area contributed by atoms with Crippen molar-refractivity contribution in [2.45, 2.75) is 31.7 Å². The Morgan fingerprint density at radius 3 is 2.70 bits per heavy atom. The van der Waals surface area contributed by atoms with Crippen LogP contribution in [-0.4, -0.2) is 38.6 Å². The Hall–Kier alpha value is -1.87. The van der Waals surface area contributed by atoms with Crippen LogP contribution >= 0.6 is 0 Å². The van der Waals surface area contributed by atoms with Crippen molar-refractivity contribution in [3.63, 3.8) is 0 Å². The monoisotopic (exact) mass is 343 g/mol. The number of hydrogen-bond acceptors (Lipinski definition) is 5. The van der Waals surface area contributed by atoms with Gasteiger partial charge in [0.25, 0.3) is 5.91 Å². The molecule has 1 unspecified atom stereocenters. The molecule has 0 radical (unpaired) electrons. The molecule has 1 atom stereocenters. The number of anilines is 1. The SMILES string of the molecule is O=C1CN(c2c(O)cc(CC3CCCCN3)cc2F)S(=O)(=O)N1. The third kappa shape index (κ3) is 3.25. The quantitative estimate of drug-likeness (QED) is 0.738. The van der Waals surface area contributed by atoms with Gasteiger partial charge in [0.15, 0.2) is 5.82 Å². The lowest BCUT2D eigenvalue weighted by molar-refractivity contribution is -0.117. The number of phenolic OH excluding ortho intramolecular Hbond substituents is 1. The molecule has 1 amide bonds. The summed E-state index contributed by atoms with van der Waals surface area (Å²) in [6, 6.07) is 2.78. The highest BCUT2D eigenvalue weighted by atomic mass is 32.2. The summed E-state index contributed by atoms with van der Waals surface area (Å²) in [6.07, 6.45) is 3.74. The van der Waals surface area contributed by atoms with Crippen LogP contribution in [0.2, 0.25) is 0 Å². The van der Waals surface area contributed by atoms with Crippen LogP contribution in [0.4, 0.5) is 10.1 Å². The van der Waals surface area contributed by atoms with Gasteiger partial charge in [-0.05, 0) is 43.5 Å². The molecule has 0 saturated carbocycles. The van der Waals surface area contributed by atoms with E-state index in [1.54, 1.807) is 4.72 Å². The summed E-state index contributed by atoms with van der Waals surface area (Å²) in [5, 5.41) is 13.4. The molecule has 7 nitrogen and oxygen atoms in total. The Morgan fingerprint density at radius 1 is 1.35 bits per heavy atom. The van der Waals surface area contributed by atoms with Gasteiger partial charge in [0.2, 0.25) is 0 Å². The summed E-state index contributed by atoms with van der Waals surface area (Å²) in [5.41, 5.74) is 0.0859. The zero-order valence-corrected chi connectivity index (χ0v) is 13.2. The number of aromatic hydroxyl groups is 1. The zero-order chi connectivity index (χ0) is 16.6. The second-order valence-electron chi connectivity index (χ2n) is 5.83. The van der Waals surface area contributed by atoms with Gasteiger partial charge >= 0.3 is 10.2 Å². The summed E-state index contributed by atoms with van der Waals surface area (Å²) in [7, 11) is -4.15. The van der Waals surface area contributed by atoms with Gasteiger partial charge in [-0.15, -0.1) is 0 Å². The van der Waals surface area contributed by atoms with E-state index in [0.29, 0.717) is 16.3 Å². The van der Waals surface area contributed by atoms with Crippen molar-refractivity contribution in [2.24, 2.45) is 0 Å². The van der Waals surface area contributed by atoms with E-state index in [0.717, 1.165) is 25.8 Å². The van der Waals surface area contributed by atoms with E-state index in [-0.39, 0.29) is 6.04 Å². The average molecular weight is 343 g/mol. The third-order valence-electron chi connectivity index (χ3n) is 4.07. The molecule has 3 N–H and O–H groups in total. The number of rotatable bonds is 3. The normalized spacial score (nSPS) is 23.8. The van der Waals surface area contributed by atoms with Crippen molar-refractivity contribution in [1.82, 2.24) is 10.0 Å². The highest BCUT2D eigenvalue weighted by Gasteiger charge is 2.37. The minimum atomic E-state index is -4.15. The summed E-state index contributed by atoms with van der Waals surface area (Å²) in [4.78, 5) is 11.3. The summed E-state index contributed by atoms with van der Waals surface area (Å²) >= 11 is 0. The van der Waals surface area contributed by atoms with E-state index in [1.165, 1.54) is 12.1 Å². The van der Waals surface area contributed by atoms with E-state index < -0.39 is 39.9 Å². The molecule has 2 heterocycles. The highest BCUT2D eigenvalue weighted by Crippen LogP contribution is 2.35. The molecule has 0 spiro atoms. The van der Waals surface area contributed by atoms with Crippen molar-refractivity contribution >= 4 is 21.8 Å². The van der Waals surface area contributed by atoms with Crippen molar-refractivity contribution < 1.29 is 22.7 Å². The van der Waals surface area contributed by atoms with Gasteiger partial charge in [-0.25, -0.2) is 13.4 Å². The second kappa shape index (κ2) is 5.97. The largest absolute Gasteiger partial charge is 0.506 e. The van der Waals surface area contributed by atoms with Crippen LogP contribution in [0.15, 0.2) is 12.1 Å². The molecular weight excluding hydrogens is 325 g/mol. The van der Waals surface area contributed by atoms with Crippen molar-refractivity contribution in [1.29, 1.82) is 0 Å². The third-order valence-corrected chi connectivity index (χ3v) is 5.44. The number of nitrogens with zero attached hydrogens (tertiary/aromatic N) is 1. The van der Waals surface area contributed by atoms with E-state index >= 15 is 0 Å². The number of carbonyl (C=O) groups is 1. The lowest BCUT2D eigenvalue weighted by atomic mass is 9.97. The first kappa shape index (κ1) is 16.0. The lowest BCUT2D eigenvalue weighted by Crippen LogP contribution is -2.35. The topological polar surface area (TPSA) is 98.7 Å². The number of amides is 1. The first-order valence-electron chi connectivity index (χ1n) is 7.45. The Labute approximate surface area is 133 Å². The van der Waals surface area contributed by atoms with Gasteiger partial charge in [-0.3, -0.25) is 4.79 Å². The molecule has 9 heteroatoms. The second-order valence-corrected chi connectivity index (χ2v) is 7.43. The maximum Gasteiger partial charge on any atom is 0.326 e. The van der Waals surface area contributed by atoms with Gasteiger partial charge < -0.3 is 10.4 Å². The first-order valence-corrected chi connectivity index (χ1v) is 8.89. The fourth-order valence-electron chi connectivity index (χ4n) is 3.03. The van der Waals surface area contributed by atoms with E-state index in [4.69, 9.17) is 0 Å². The fraction of sp³-hybridized carbons (Fsp3) is 0.500. The summed E-state index contributed by atoms with van der Waals surface area (Å²) < 4.78 is 40.2. The minimum absolute atomic E-state index is 0.215. The summed E-state index contributed by atoms with van der Waals surface area (Å²) in [6.45, 7) is 0.368. The van der Waals surface area contributed by atoms with Crippen LogP contribution in [0.5, 0.6) is 5.75 Å². The molecule has 2 aliphatic rings. The Kier molecular flexibility index (Phi) is 4.15. The van der Waals surface area contributed by atoms with Gasteiger partial charge in [0, 0.05) is 6.04 Å². The van der Waals surface area contributed by atoms with E-state index in [2.05, 4.69) is 5.32 Å². The lowest BCUT2D eigenvalue weighted by Gasteiger charge is -2.24. The molecule has 0 bridgehead atoms. The smallest absolute Gasteiger partial charge is 0.326 e. The molecular formula is C14H18FN3O4S. The maximum absolute atomic E-state index is 14.4. The minimum Gasteiger partial charge on any atom is -0.506 e. The molecule has 2 saturated heterocycles. The Morgan fingerprint density at radius 2 is 2.13 bits per heavy atom. The number of carbonyl (C=O) groups excluding carboxylic acids is 1. The molecule has 126 valence electrons. The van der Waals surface area contributed by atoms with Crippen LogP contribution in [0.3, 0.4) is 0 Å².